The highest BCUT2D eigenvalue weighted by Gasteiger charge is 2.29. The highest BCUT2D eigenvalue weighted by atomic mass is 19.1. The van der Waals surface area contributed by atoms with E-state index in [-0.39, 0.29) is 12.5 Å². The summed E-state index contributed by atoms with van der Waals surface area (Å²) in [6, 6.07) is 0. The summed E-state index contributed by atoms with van der Waals surface area (Å²) in [6.45, 7) is 6.30. The zero-order chi connectivity index (χ0) is 10.6. The van der Waals surface area contributed by atoms with Crippen LogP contribution in [0.1, 0.15) is 26.7 Å². The van der Waals surface area contributed by atoms with Crippen molar-refractivity contribution in [2.75, 3.05) is 26.2 Å². The zero-order valence-corrected chi connectivity index (χ0v) is 9.17. The molecule has 2 unspecified atom stereocenters. The molecule has 1 saturated heterocycles. The molecule has 0 spiro atoms. The Kier molecular flexibility index (Phi) is 4.82. The minimum absolute atomic E-state index is 0.135. The molecule has 0 saturated carbocycles. The fraction of sp³-hybridized carbons (Fsp3) is 0.909. The Labute approximate surface area is 86.1 Å². The molecule has 1 aliphatic heterocycles. The molecule has 1 radical (unpaired) electrons. The van der Waals surface area contributed by atoms with Crippen molar-refractivity contribution in [3.63, 3.8) is 0 Å². The van der Waals surface area contributed by atoms with Gasteiger partial charge in [-0.2, -0.15) is 0 Å². The van der Waals surface area contributed by atoms with Crippen LogP contribution in [-0.2, 0) is 0 Å². The predicted octanol–water partition coefficient (Wildman–Crippen LogP) is 1.64. The molecule has 1 N–H and O–H groups in total. The van der Waals surface area contributed by atoms with E-state index in [1.807, 2.05) is 4.90 Å². The van der Waals surface area contributed by atoms with Crippen molar-refractivity contribution in [3.8, 4) is 0 Å². The van der Waals surface area contributed by atoms with Gasteiger partial charge >= 0.3 is 0 Å². The van der Waals surface area contributed by atoms with Gasteiger partial charge in [-0.25, -0.2) is 4.39 Å². The minimum Gasteiger partial charge on any atom is -0.395 e. The van der Waals surface area contributed by atoms with Crippen LogP contribution in [0.4, 0.5) is 4.39 Å². The van der Waals surface area contributed by atoms with Crippen LogP contribution in [0.3, 0.4) is 0 Å². The molecule has 2 atom stereocenters. The lowest BCUT2D eigenvalue weighted by Crippen LogP contribution is -2.43. The number of rotatable bonds is 4. The molecule has 1 fully saturated rings. The van der Waals surface area contributed by atoms with E-state index in [4.69, 9.17) is 5.11 Å². The SMILES string of the molecule is C[C](C)CC1CCN(CCO)CC1F. The smallest absolute Gasteiger partial charge is 0.116 e. The third kappa shape index (κ3) is 3.54. The summed E-state index contributed by atoms with van der Waals surface area (Å²) < 4.78 is 13.6. The van der Waals surface area contributed by atoms with Crippen molar-refractivity contribution in [2.24, 2.45) is 5.92 Å². The maximum atomic E-state index is 13.6. The van der Waals surface area contributed by atoms with Crippen molar-refractivity contribution in [2.45, 2.75) is 32.9 Å². The molecule has 0 aromatic carbocycles. The Morgan fingerprint density at radius 1 is 1.50 bits per heavy atom. The summed E-state index contributed by atoms with van der Waals surface area (Å²) >= 11 is 0. The van der Waals surface area contributed by atoms with Crippen molar-refractivity contribution < 1.29 is 9.50 Å². The summed E-state index contributed by atoms with van der Waals surface area (Å²) in [4.78, 5) is 2.01. The standard InChI is InChI=1S/C11H21FNO/c1-9(2)7-10-3-4-13(5-6-14)8-11(10)12/h10-11,14H,3-8H2,1-2H3. The molecule has 0 aromatic heterocycles. The zero-order valence-electron chi connectivity index (χ0n) is 9.17. The maximum Gasteiger partial charge on any atom is 0.116 e. The number of hydrogen-bond donors (Lipinski definition) is 1. The van der Waals surface area contributed by atoms with Gasteiger partial charge in [0.2, 0.25) is 0 Å². The Balaban J connectivity index is 2.32. The quantitative estimate of drug-likeness (QED) is 0.749. The molecule has 1 rings (SSSR count). The van der Waals surface area contributed by atoms with Crippen molar-refractivity contribution in [1.82, 2.24) is 4.90 Å². The predicted molar refractivity (Wildman–Crippen MR) is 55.7 cm³/mol. The number of likely N-dealkylation sites (tertiary alicyclic amines) is 1. The molecule has 83 valence electrons. The van der Waals surface area contributed by atoms with Crippen LogP contribution in [0.2, 0.25) is 0 Å². The summed E-state index contributed by atoms with van der Waals surface area (Å²) in [5.41, 5.74) is 0. The Morgan fingerprint density at radius 2 is 2.21 bits per heavy atom. The van der Waals surface area contributed by atoms with E-state index >= 15 is 0 Å². The Morgan fingerprint density at radius 3 is 2.71 bits per heavy atom. The molecule has 1 aliphatic rings. The van der Waals surface area contributed by atoms with Crippen molar-refractivity contribution in [3.05, 3.63) is 5.92 Å². The normalized spacial score (nSPS) is 29.8. The Bertz CT molecular complexity index is 163. The van der Waals surface area contributed by atoms with Gasteiger partial charge in [-0.1, -0.05) is 13.8 Å². The first-order valence-electron chi connectivity index (χ1n) is 5.39. The third-order valence-electron chi connectivity index (χ3n) is 2.85. The summed E-state index contributed by atoms with van der Waals surface area (Å²) in [5, 5.41) is 8.75. The second kappa shape index (κ2) is 5.66. The van der Waals surface area contributed by atoms with E-state index < -0.39 is 6.17 Å². The van der Waals surface area contributed by atoms with Gasteiger partial charge in [0.05, 0.1) is 6.61 Å². The average molecular weight is 202 g/mol. The molecule has 2 nitrogen and oxygen atoms in total. The van der Waals surface area contributed by atoms with Gasteiger partial charge < -0.3 is 5.11 Å². The van der Waals surface area contributed by atoms with Crippen LogP contribution in [0, 0.1) is 11.8 Å². The highest BCUT2D eigenvalue weighted by molar-refractivity contribution is 4.88. The molecule has 0 aromatic rings. The molecule has 14 heavy (non-hydrogen) atoms. The molecule has 0 bridgehead atoms. The number of halogens is 1. The molecular formula is C11H21FNO. The van der Waals surface area contributed by atoms with Gasteiger partial charge in [0.15, 0.2) is 0 Å². The van der Waals surface area contributed by atoms with Crippen molar-refractivity contribution in [1.29, 1.82) is 0 Å². The Hall–Kier alpha value is -0.150. The van der Waals surface area contributed by atoms with Gasteiger partial charge in [0, 0.05) is 13.1 Å². The molecule has 0 aliphatic carbocycles. The molecule has 0 amide bonds. The fourth-order valence-electron chi connectivity index (χ4n) is 2.12. The van der Waals surface area contributed by atoms with Crippen LogP contribution in [0.5, 0.6) is 0 Å². The maximum absolute atomic E-state index is 13.6. The molecule has 1 heterocycles. The van der Waals surface area contributed by atoms with E-state index in [0.29, 0.717) is 13.1 Å². The first-order chi connectivity index (χ1) is 6.63. The van der Waals surface area contributed by atoms with E-state index in [9.17, 15) is 4.39 Å². The molecule has 3 heteroatoms. The summed E-state index contributed by atoms with van der Waals surface area (Å²) in [5.74, 6) is 1.52. The largest absolute Gasteiger partial charge is 0.395 e. The minimum atomic E-state index is -0.717. The van der Waals surface area contributed by atoms with Gasteiger partial charge in [-0.15, -0.1) is 0 Å². The van der Waals surface area contributed by atoms with E-state index in [2.05, 4.69) is 13.8 Å². The summed E-state index contributed by atoms with van der Waals surface area (Å²) in [6.07, 6.45) is 1.12. The van der Waals surface area contributed by atoms with Gasteiger partial charge in [-0.05, 0) is 31.2 Å². The van der Waals surface area contributed by atoms with E-state index in [1.165, 1.54) is 5.92 Å². The molecular weight excluding hydrogens is 181 g/mol. The lowest BCUT2D eigenvalue weighted by atomic mass is 9.87. The number of piperidine rings is 1. The van der Waals surface area contributed by atoms with E-state index in [1.54, 1.807) is 0 Å². The van der Waals surface area contributed by atoms with Crippen LogP contribution < -0.4 is 0 Å². The fourth-order valence-corrected chi connectivity index (χ4v) is 2.12. The second-order valence-corrected chi connectivity index (χ2v) is 4.50. The van der Waals surface area contributed by atoms with E-state index in [0.717, 1.165) is 19.4 Å². The van der Waals surface area contributed by atoms with Crippen LogP contribution >= 0.6 is 0 Å². The first-order valence-corrected chi connectivity index (χ1v) is 5.39. The monoisotopic (exact) mass is 202 g/mol. The highest BCUT2D eigenvalue weighted by Crippen LogP contribution is 2.27. The van der Waals surface area contributed by atoms with Crippen molar-refractivity contribution >= 4 is 0 Å². The number of alkyl halides is 1. The first kappa shape index (κ1) is 11.9. The lowest BCUT2D eigenvalue weighted by Gasteiger charge is -2.34. The second-order valence-electron chi connectivity index (χ2n) is 4.50. The number of nitrogens with zero attached hydrogens (tertiary/aromatic N) is 1. The van der Waals surface area contributed by atoms with Gasteiger partial charge in [0.25, 0.3) is 0 Å². The average Bonchev–Trinajstić information content (AvgIpc) is 2.10. The van der Waals surface area contributed by atoms with Crippen LogP contribution in [0.25, 0.3) is 0 Å². The third-order valence-corrected chi connectivity index (χ3v) is 2.85. The van der Waals surface area contributed by atoms with Gasteiger partial charge in [-0.3, -0.25) is 4.90 Å². The van der Waals surface area contributed by atoms with Crippen LogP contribution in [0.15, 0.2) is 0 Å². The van der Waals surface area contributed by atoms with Crippen LogP contribution in [-0.4, -0.2) is 42.4 Å². The number of aliphatic hydroxyl groups is 1. The van der Waals surface area contributed by atoms with Gasteiger partial charge in [0.1, 0.15) is 6.17 Å². The topological polar surface area (TPSA) is 23.5 Å². The lowest BCUT2D eigenvalue weighted by molar-refractivity contribution is 0.0703. The number of aliphatic hydroxyl groups excluding tert-OH is 1. The number of hydrogen-bond acceptors (Lipinski definition) is 2. The summed E-state index contributed by atoms with van der Waals surface area (Å²) in [7, 11) is 0. The number of β-amino-alcohol motifs (C(OH)–C–C–N with tert-alkyl or cyclic N) is 1.